The molecule has 1 atom stereocenters. The van der Waals surface area contributed by atoms with Crippen LogP contribution in [0.3, 0.4) is 0 Å². The van der Waals surface area contributed by atoms with Crippen LogP contribution in [0.15, 0.2) is 43.0 Å². The third-order valence-electron chi connectivity index (χ3n) is 4.91. The number of ether oxygens (including phenoxy) is 1. The molecule has 0 aliphatic rings. The van der Waals surface area contributed by atoms with Crippen LogP contribution in [-0.2, 0) is 20.5 Å². The van der Waals surface area contributed by atoms with Crippen LogP contribution in [0.2, 0.25) is 18.1 Å². The first kappa shape index (κ1) is 21.6. The van der Waals surface area contributed by atoms with Gasteiger partial charge in [-0.25, -0.2) is 0 Å². The van der Waals surface area contributed by atoms with Crippen molar-refractivity contribution in [2.75, 3.05) is 20.3 Å². The van der Waals surface area contributed by atoms with E-state index in [1.165, 1.54) is 7.11 Å². The lowest BCUT2D eigenvalue weighted by atomic mass is 10.1. The second kappa shape index (κ2) is 9.32. The van der Waals surface area contributed by atoms with Crippen molar-refractivity contribution >= 4 is 14.3 Å². The van der Waals surface area contributed by atoms with E-state index in [0.29, 0.717) is 19.7 Å². The van der Waals surface area contributed by atoms with Crippen molar-refractivity contribution in [3.63, 3.8) is 0 Å². The standard InChI is InChI=1S/C20H33NO3Si/c1-8-14-21(15-17-12-10-9-11-13-17)18(19(22)23-5)16-24-25(6,7)20(2,3)4/h8-13,18H,1,14-16H2,2-7H3/t18-/m1/s1. The minimum atomic E-state index is -1.95. The number of rotatable bonds is 9. The summed E-state index contributed by atoms with van der Waals surface area (Å²) in [6, 6.07) is 9.65. The van der Waals surface area contributed by atoms with Crippen molar-refractivity contribution < 1.29 is 14.0 Å². The molecule has 0 radical (unpaired) electrons. The number of hydrogen-bond acceptors (Lipinski definition) is 4. The lowest BCUT2D eigenvalue weighted by molar-refractivity contribution is -0.148. The molecule has 1 aromatic carbocycles. The molecule has 0 N–H and O–H groups in total. The normalized spacial score (nSPS) is 13.6. The van der Waals surface area contributed by atoms with Gasteiger partial charge in [-0.15, -0.1) is 6.58 Å². The van der Waals surface area contributed by atoms with E-state index in [2.05, 4.69) is 57.5 Å². The molecule has 0 aliphatic carbocycles. The Hall–Kier alpha value is -1.43. The maximum atomic E-state index is 12.4. The highest BCUT2D eigenvalue weighted by molar-refractivity contribution is 6.74. The van der Waals surface area contributed by atoms with Crippen LogP contribution in [0.1, 0.15) is 26.3 Å². The summed E-state index contributed by atoms with van der Waals surface area (Å²) in [6.45, 7) is 16.4. The van der Waals surface area contributed by atoms with E-state index in [9.17, 15) is 4.79 Å². The Kier molecular flexibility index (Phi) is 8.05. The van der Waals surface area contributed by atoms with Crippen LogP contribution in [-0.4, -0.2) is 45.5 Å². The zero-order chi connectivity index (χ0) is 19.1. The molecule has 0 bridgehead atoms. The number of hydrogen-bond donors (Lipinski definition) is 0. The maximum Gasteiger partial charge on any atom is 0.325 e. The first-order valence-electron chi connectivity index (χ1n) is 8.73. The van der Waals surface area contributed by atoms with E-state index < -0.39 is 14.4 Å². The zero-order valence-electron chi connectivity index (χ0n) is 16.5. The van der Waals surface area contributed by atoms with Gasteiger partial charge in [0.1, 0.15) is 6.04 Å². The van der Waals surface area contributed by atoms with E-state index >= 15 is 0 Å². The molecule has 5 heteroatoms. The maximum absolute atomic E-state index is 12.4. The lowest BCUT2D eigenvalue weighted by Crippen LogP contribution is -2.49. The van der Waals surface area contributed by atoms with Gasteiger partial charge < -0.3 is 9.16 Å². The molecule has 0 fully saturated rings. The fourth-order valence-corrected chi connectivity index (χ4v) is 3.26. The zero-order valence-corrected chi connectivity index (χ0v) is 17.5. The second-order valence-electron chi connectivity index (χ2n) is 7.81. The van der Waals surface area contributed by atoms with Gasteiger partial charge in [0.25, 0.3) is 0 Å². The summed E-state index contributed by atoms with van der Waals surface area (Å²) in [5, 5.41) is 0.0936. The molecule has 4 nitrogen and oxygen atoms in total. The molecule has 1 rings (SSSR count). The molecule has 0 unspecified atom stereocenters. The SMILES string of the molecule is C=CCN(Cc1ccccc1)[C@H](CO[Si](C)(C)C(C)(C)C)C(=O)OC. The van der Waals surface area contributed by atoms with Crippen LogP contribution in [0.25, 0.3) is 0 Å². The van der Waals surface area contributed by atoms with Crippen molar-refractivity contribution in [2.24, 2.45) is 0 Å². The summed E-state index contributed by atoms with van der Waals surface area (Å²) in [5.74, 6) is -0.267. The molecule has 0 saturated carbocycles. The van der Waals surface area contributed by atoms with E-state index in [4.69, 9.17) is 9.16 Å². The van der Waals surface area contributed by atoms with Gasteiger partial charge in [0.05, 0.1) is 13.7 Å². The minimum Gasteiger partial charge on any atom is -0.468 e. The van der Waals surface area contributed by atoms with Crippen LogP contribution in [0.5, 0.6) is 0 Å². The fourth-order valence-electron chi connectivity index (χ4n) is 2.25. The molecule has 140 valence electrons. The number of nitrogens with zero attached hydrogens (tertiary/aromatic N) is 1. The van der Waals surface area contributed by atoms with E-state index in [0.717, 1.165) is 5.56 Å². The van der Waals surface area contributed by atoms with Crippen molar-refractivity contribution in [3.8, 4) is 0 Å². The Morgan fingerprint density at radius 1 is 1.28 bits per heavy atom. The third-order valence-corrected chi connectivity index (χ3v) is 9.42. The average molecular weight is 364 g/mol. The van der Waals surface area contributed by atoms with Crippen molar-refractivity contribution in [3.05, 3.63) is 48.6 Å². The smallest absolute Gasteiger partial charge is 0.325 e. The first-order chi connectivity index (χ1) is 11.6. The highest BCUT2D eigenvalue weighted by Gasteiger charge is 2.39. The topological polar surface area (TPSA) is 38.8 Å². The van der Waals surface area contributed by atoms with Gasteiger partial charge in [-0.3, -0.25) is 9.69 Å². The van der Waals surface area contributed by atoms with Crippen LogP contribution in [0, 0.1) is 0 Å². The molecule has 0 saturated heterocycles. The molecule has 25 heavy (non-hydrogen) atoms. The summed E-state index contributed by atoms with van der Waals surface area (Å²) >= 11 is 0. The number of esters is 1. The molecule has 0 aromatic heterocycles. The molecule has 0 amide bonds. The second-order valence-corrected chi connectivity index (χ2v) is 12.6. The molecule has 1 aromatic rings. The van der Waals surface area contributed by atoms with Gasteiger partial charge in [-0.05, 0) is 23.7 Å². The fraction of sp³-hybridized carbons (Fsp3) is 0.550. The number of benzene rings is 1. The van der Waals surface area contributed by atoms with Gasteiger partial charge in [0.15, 0.2) is 8.32 Å². The van der Waals surface area contributed by atoms with Gasteiger partial charge in [-0.1, -0.05) is 57.2 Å². The number of methoxy groups -OCH3 is 1. The number of carbonyl (C=O) groups excluding carboxylic acids is 1. The van der Waals surface area contributed by atoms with E-state index in [1.54, 1.807) is 0 Å². The molecule has 0 spiro atoms. The summed E-state index contributed by atoms with van der Waals surface area (Å²) in [7, 11) is -0.521. The summed E-state index contributed by atoms with van der Waals surface area (Å²) in [5.41, 5.74) is 1.14. The quantitative estimate of drug-likeness (QED) is 0.374. The molecular weight excluding hydrogens is 330 g/mol. The van der Waals surface area contributed by atoms with E-state index in [-0.39, 0.29) is 11.0 Å². The predicted molar refractivity (Wildman–Crippen MR) is 106 cm³/mol. The highest BCUT2D eigenvalue weighted by Crippen LogP contribution is 2.36. The average Bonchev–Trinajstić information content (AvgIpc) is 2.54. The molecular formula is C20H33NO3Si. The summed E-state index contributed by atoms with van der Waals surface area (Å²) in [6.07, 6.45) is 1.81. The first-order valence-corrected chi connectivity index (χ1v) is 11.6. The Balaban J connectivity index is 2.96. The predicted octanol–water partition coefficient (Wildman–Crippen LogP) is 4.24. The molecule has 0 heterocycles. The number of carbonyl (C=O) groups is 1. The van der Waals surface area contributed by atoms with Crippen molar-refractivity contribution in [2.45, 2.75) is 51.5 Å². The van der Waals surface area contributed by atoms with Crippen LogP contribution in [0.4, 0.5) is 0 Å². The van der Waals surface area contributed by atoms with E-state index in [1.807, 2.05) is 24.3 Å². The van der Waals surface area contributed by atoms with Crippen LogP contribution < -0.4 is 0 Å². The Labute approximate surface area is 154 Å². The van der Waals surface area contributed by atoms with Crippen molar-refractivity contribution in [1.82, 2.24) is 4.90 Å². The largest absolute Gasteiger partial charge is 0.468 e. The highest BCUT2D eigenvalue weighted by atomic mass is 28.4. The van der Waals surface area contributed by atoms with Gasteiger partial charge in [0.2, 0.25) is 0 Å². The minimum absolute atomic E-state index is 0.0936. The van der Waals surface area contributed by atoms with Gasteiger partial charge >= 0.3 is 5.97 Å². The van der Waals surface area contributed by atoms with Crippen molar-refractivity contribution in [1.29, 1.82) is 0 Å². The Morgan fingerprint density at radius 2 is 1.88 bits per heavy atom. The Morgan fingerprint density at radius 3 is 2.36 bits per heavy atom. The van der Waals surface area contributed by atoms with Gasteiger partial charge in [-0.2, -0.15) is 0 Å². The lowest BCUT2D eigenvalue weighted by Gasteiger charge is -2.38. The molecule has 0 aliphatic heterocycles. The van der Waals surface area contributed by atoms with Crippen LogP contribution >= 0.6 is 0 Å². The summed E-state index contributed by atoms with van der Waals surface area (Å²) < 4.78 is 11.4. The monoisotopic (exact) mass is 363 g/mol. The summed E-state index contributed by atoms with van der Waals surface area (Å²) in [4.78, 5) is 14.5. The third kappa shape index (κ3) is 6.42. The van der Waals surface area contributed by atoms with Gasteiger partial charge in [0, 0.05) is 13.1 Å². The Bertz CT molecular complexity index is 552.